The number of nitrogens with one attached hydrogen (secondary N) is 1. The molecule has 1 saturated heterocycles. The van der Waals surface area contributed by atoms with Gasteiger partial charge in [-0.2, -0.15) is 0 Å². The molecule has 5 nitrogen and oxygen atoms in total. The molecule has 0 saturated carbocycles. The molecule has 0 aromatic heterocycles. The number of benzene rings is 3. The van der Waals surface area contributed by atoms with Gasteiger partial charge in [0, 0.05) is 10.0 Å². The molecule has 1 fully saturated rings. The average molecular weight is 548 g/mol. The van der Waals surface area contributed by atoms with Crippen LogP contribution in [0.2, 0.25) is 15.1 Å². The van der Waals surface area contributed by atoms with Gasteiger partial charge < -0.3 is 14.8 Å². The average Bonchev–Trinajstić information content (AvgIpc) is 3.16. The Kier molecular flexibility index (Phi) is 8.29. The maximum atomic E-state index is 12.6. The van der Waals surface area contributed by atoms with E-state index in [1.54, 1.807) is 36.4 Å². The van der Waals surface area contributed by atoms with Gasteiger partial charge in [-0.1, -0.05) is 53.0 Å². The van der Waals surface area contributed by atoms with Gasteiger partial charge in [-0.15, -0.1) is 0 Å². The predicted octanol–water partition coefficient (Wildman–Crippen LogP) is 7.82. The number of hydrogen-bond acceptors (Lipinski definition) is 5. The number of hydrogen-bond donors (Lipinski definition) is 1. The topological polar surface area (TPSA) is 59.9 Å². The van der Waals surface area contributed by atoms with Crippen LogP contribution in [0.1, 0.15) is 23.6 Å². The molecule has 1 N–H and O–H groups in total. The Balaban J connectivity index is 1.56. The summed E-state index contributed by atoms with van der Waals surface area (Å²) in [4.78, 5) is 17.6. The highest BCUT2D eigenvalue weighted by molar-refractivity contribution is 8.18. The number of carbonyl (C=O) groups excluding carboxylic acids is 1. The van der Waals surface area contributed by atoms with Crippen molar-refractivity contribution in [3.05, 3.63) is 91.3 Å². The minimum Gasteiger partial charge on any atom is -0.490 e. The highest BCUT2D eigenvalue weighted by Gasteiger charge is 2.24. The fourth-order valence-corrected chi connectivity index (χ4v) is 4.67. The van der Waals surface area contributed by atoms with E-state index in [2.05, 4.69) is 10.3 Å². The Morgan fingerprint density at radius 3 is 2.54 bits per heavy atom. The van der Waals surface area contributed by atoms with E-state index in [4.69, 9.17) is 44.3 Å². The second-order valence-corrected chi connectivity index (χ2v) is 9.83. The summed E-state index contributed by atoms with van der Waals surface area (Å²) in [7, 11) is 0. The molecule has 1 aliphatic heterocycles. The van der Waals surface area contributed by atoms with E-state index >= 15 is 0 Å². The lowest BCUT2D eigenvalue weighted by molar-refractivity contribution is -0.115. The van der Waals surface area contributed by atoms with Crippen LogP contribution in [0.4, 0.5) is 5.69 Å². The van der Waals surface area contributed by atoms with Gasteiger partial charge in [-0.3, -0.25) is 4.79 Å². The Morgan fingerprint density at radius 2 is 1.80 bits per heavy atom. The number of thioether (sulfide) groups is 1. The second-order valence-electron chi connectivity index (χ2n) is 7.54. The molecule has 0 radical (unpaired) electrons. The number of aliphatic imine (C=N–C) groups is 1. The van der Waals surface area contributed by atoms with Gasteiger partial charge in [-0.25, -0.2) is 4.99 Å². The molecule has 0 atom stereocenters. The zero-order valence-electron chi connectivity index (χ0n) is 18.9. The highest BCUT2D eigenvalue weighted by Crippen LogP contribution is 2.39. The molecule has 0 bridgehead atoms. The molecule has 0 aliphatic carbocycles. The monoisotopic (exact) mass is 546 g/mol. The van der Waals surface area contributed by atoms with Crippen LogP contribution in [0.3, 0.4) is 0 Å². The summed E-state index contributed by atoms with van der Waals surface area (Å²) in [6.07, 6.45) is 1.74. The molecule has 0 spiro atoms. The van der Waals surface area contributed by atoms with Crippen LogP contribution in [0.25, 0.3) is 6.08 Å². The van der Waals surface area contributed by atoms with Gasteiger partial charge >= 0.3 is 0 Å². The smallest absolute Gasteiger partial charge is 0.264 e. The predicted molar refractivity (Wildman–Crippen MR) is 145 cm³/mol. The lowest BCUT2D eigenvalue weighted by Gasteiger charge is -2.15. The Hall–Kier alpha value is -2.64. The number of halogens is 3. The molecule has 1 amide bonds. The number of rotatable bonds is 7. The minimum atomic E-state index is -0.245. The summed E-state index contributed by atoms with van der Waals surface area (Å²) in [5, 5.41) is 4.92. The van der Waals surface area contributed by atoms with E-state index in [1.807, 2.05) is 38.1 Å². The molecule has 1 aliphatic rings. The Morgan fingerprint density at radius 1 is 1.03 bits per heavy atom. The third kappa shape index (κ3) is 6.33. The van der Waals surface area contributed by atoms with Crippen LogP contribution in [-0.2, 0) is 11.4 Å². The zero-order valence-corrected chi connectivity index (χ0v) is 22.0. The van der Waals surface area contributed by atoms with Crippen LogP contribution in [0, 0.1) is 6.92 Å². The van der Waals surface area contributed by atoms with Crippen LogP contribution < -0.4 is 14.8 Å². The van der Waals surface area contributed by atoms with Crippen molar-refractivity contribution in [2.75, 3.05) is 6.61 Å². The molecule has 9 heteroatoms. The van der Waals surface area contributed by atoms with Gasteiger partial charge in [0.1, 0.15) is 6.61 Å². The standard InChI is InChI=1S/C26H21Cl3N2O3S/c1-3-33-22-12-17(11-20(29)24(22)34-14-16-7-9-18(27)10-8-16)13-23-25(32)31-26(35-23)30-21-6-4-5-19(28)15(21)2/h4-13H,3,14H2,1-2H3,(H,30,31,32)/b23-13-. The molecule has 3 aromatic carbocycles. The van der Waals surface area contributed by atoms with Crippen molar-refractivity contribution in [3.8, 4) is 11.5 Å². The van der Waals surface area contributed by atoms with E-state index in [-0.39, 0.29) is 5.91 Å². The lowest BCUT2D eigenvalue weighted by atomic mass is 10.1. The summed E-state index contributed by atoms with van der Waals surface area (Å²) in [5.74, 6) is 0.686. The molecule has 4 rings (SSSR count). The van der Waals surface area contributed by atoms with E-state index in [9.17, 15) is 4.79 Å². The van der Waals surface area contributed by atoms with Crippen molar-refractivity contribution < 1.29 is 14.3 Å². The van der Waals surface area contributed by atoms with E-state index in [1.165, 1.54) is 11.8 Å². The van der Waals surface area contributed by atoms with Gasteiger partial charge in [0.25, 0.3) is 5.91 Å². The largest absolute Gasteiger partial charge is 0.490 e. The maximum absolute atomic E-state index is 12.6. The number of amidine groups is 1. The SMILES string of the molecule is CCOc1cc(/C=C2\SC(=Nc3cccc(Cl)c3C)NC2=O)cc(Cl)c1OCc1ccc(Cl)cc1. The third-order valence-electron chi connectivity index (χ3n) is 5.04. The van der Waals surface area contributed by atoms with Crippen LogP contribution in [0.15, 0.2) is 64.5 Å². The maximum Gasteiger partial charge on any atom is 0.264 e. The summed E-state index contributed by atoms with van der Waals surface area (Å²) in [6, 6.07) is 16.4. The van der Waals surface area contributed by atoms with Gasteiger partial charge in [0.05, 0.1) is 22.2 Å². The number of ether oxygens (including phenoxy) is 2. The minimum absolute atomic E-state index is 0.245. The fourth-order valence-electron chi connectivity index (χ4n) is 3.27. The van der Waals surface area contributed by atoms with Gasteiger partial charge in [0.2, 0.25) is 0 Å². The molecular formula is C26H21Cl3N2O3S. The Bertz CT molecular complexity index is 1320. The molecule has 3 aromatic rings. The molecule has 1 heterocycles. The highest BCUT2D eigenvalue weighted by atomic mass is 35.5. The van der Waals surface area contributed by atoms with Crippen molar-refractivity contribution in [3.63, 3.8) is 0 Å². The van der Waals surface area contributed by atoms with Crippen LogP contribution >= 0.6 is 46.6 Å². The van der Waals surface area contributed by atoms with Gasteiger partial charge in [0.15, 0.2) is 16.7 Å². The van der Waals surface area contributed by atoms with Crippen molar-refractivity contribution in [1.82, 2.24) is 5.32 Å². The lowest BCUT2D eigenvalue weighted by Crippen LogP contribution is -2.19. The first-order valence-electron chi connectivity index (χ1n) is 10.7. The summed E-state index contributed by atoms with van der Waals surface area (Å²) in [6.45, 7) is 4.49. The van der Waals surface area contributed by atoms with E-state index in [0.29, 0.717) is 61.1 Å². The van der Waals surface area contributed by atoms with Crippen molar-refractivity contribution >= 4 is 69.4 Å². The summed E-state index contributed by atoms with van der Waals surface area (Å²) >= 11 is 19.9. The first-order chi connectivity index (χ1) is 16.8. The molecular weight excluding hydrogens is 527 g/mol. The van der Waals surface area contributed by atoms with Crippen molar-refractivity contribution in [2.45, 2.75) is 20.5 Å². The first-order valence-corrected chi connectivity index (χ1v) is 12.7. The van der Waals surface area contributed by atoms with Crippen molar-refractivity contribution in [2.24, 2.45) is 4.99 Å². The second kappa shape index (κ2) is 11.4. The molecule has 0 unspecified atom stereocenters. The van der Waals surface area contributed by atoms with Gasteiger partial charge in [-0.05, 0) is 84.8 Å². The molecule has 35 heavy (non-hydrogen) atoms. The van der Waals surface area contributed by atoms with E-state index < -0.39 is 0 Å². The fraction of sp³-hybridized carbons (Fsp3) is 0.154. The third-order valence-corrected chi connectivity index (χ3v) is 6.89. The number of carbonyl (C=O) groups is 1. The molecule has 180 valence electrons. The number of amides is 1. The van der Waals surface area contributed by atoms with E-state index in [0.717, 1.165) is 11.1 Å². The number of nitrogens with zero attached hydrogens (tertiary/aromatic N) is 1. The Labute approximate surface area is 223 Å². The first kappa shape index (κ1) is 25.5. The zero-order chi connectivity index (χ0) is 24.9. The van der Waals surface area contributed by atoms with Crippen molar-refractivity contribution in [1.29, 1.82) is 0 Å². The normalized spacial score (nSPS) is 15.5. The quantitative estimate of drug-likeness (QED) is 0.306. The summed E-state index contributed by atoms with van der Waals surface area (Å²) < 4.78 is 11.7. The summed E-state index contributed by atoms with van der Waals surface area (Å²) in [5.41, 5.74) is 3.19. The van der Waals surface area contributed by atoms with Crippen LogP contribution in [0.5, 0.6) is 11.5 Å². The van der Waals surface area contributed by atoms with Crippen LogP contribution in [-0.4, -0.2) is 17.7 Å².